The van der Waals surface area contributed by atoms with Crippen LogP contribution in [0.25, 0.3) is 0 Å². The van der Waals surface area contributed by atoms with Crippen LogP contribution in [0.1, 0.15) is 26.7 Å². The Hall–Kier alpha value is 0.000000000000000444. The summed E-state index contributed by atoms with van der Waals surface area (Å²) in [6.07, 6.45) is 5.24. The molecule has 0 nitrogen and oxygen atoms in total. The van der Waals surface area contributed by atoms with Crippen LogP contribution in [0.3, 0.4) is 0 Å². The van der Waals surface area contributed by atoms with E-state index in [1.54, 1.807) is 10.6 Å². The van der Waals surface area contributed by atoms with Gasteiger partial charge in [0.15, 0.2) is 0 Å². The predicted octanol–water partition coefficient (Wildman–Crippen LogP) is 6.72. The number of rotatable bonds is 11. The molecule has 2 unspecified atom stereocenters. The topological polar surface area (TPSA) is 0 Å². The zero-order valence-electron chi connectivity index (χ0n) is 14.7. The second-order valence-corrected chi connectivity index (χ2v) is 14.5. The summed E-state index contributed by atoms with van der Waals surface area (Å²) in [7, 11) is -0.160. The Bertz CT molecular complexity index is 497. The van der Waals surface area contributed by atoms with E-state index in [9.17, 15) is 0 Å². The summed E-state index contributed by atoms with van der Waals surface area (Å²) in [6.45, 7) is 4.58. The van der Waals surface area contributed by atoms with Crippen molar-refractivity contribution in [1.29, 1.82) is 0 Å². The quantitative estimate of drug-likeness (QED) is 0.388. The van der Waals surface area contributed by atoms with Crippen LogP contribution < -0.4 is 10.6 Å². The van der Waals surface area contributed by atoms with Crippen LogP contribution >= 0.6 is 37.0 Å². The summed E-state index contributed by atoms with van der Waals surface area (Å²) in [4.78, 5) is 0. The molecule has 0 heterocycles. The summed E-state index contributed by atoms with van der Waals surface area (Å²) in [5, 5.41) is 3.13. The Labute approximate surface area is 158 Å². The van der Waals surface area contributed by atoms with Crippen molar-refractivity contribution in [2.45, 2.75) is 26.7 Å². The Balaban J connectivity index is 2.03. The fraction of sp³-hybridized carbons (Fsp3) is 0.400. The lowest BCUT2D eigenvalue weighted by molar-refractivity contribution is 1.11. The van der Waals surface area contributed by atoms with Crippen LogP contribution in [-0.2, 0) is 0 Å². The van der Waals surface area contributed by atoms with Crippen molar-refractivity contribution in [2.24, 2.45) is 0 Å². The molecule has 0 bridgehead atoms. The van der Waals surface area contributed by atoms with E-state index in [2.05, 4.69) is 97.3 Å². The normalized spacial score (nSPS) is 13.6. The molecule has 24 heavy (non-hydrogen) atoms. The van der Waals surface area contributed by atoms with Crippen molar-refractivity contribution in [3.05, 3.63) is 60.7 Å². The maximum Gasteiger partial charge on any atom is -0.00251 e. The molecule has 130 valence electrons. The van der Waals surface area contributed by atoms with Crippen molar-refractivity contribution < 1.29 is 0 Å². The van der Waals surface area contributed by atoms with Crippen LogP contribution in [0.5, 0.6) is 0 Å². The first-order valence-electron chi connectivity index (χ1n) is 8.76. The standard InChI is InChI=1S/C20H28P2S2/c1-3-17-23-21(19-11-7-5-8-12-19)15-16-22(24-18-4-2)20-13-9-6-10-14-20/h5-14H,3-4,15-18H2,1-2H3. The fourth-order valence-electron chi connectivity index (χ4n) is 2.31. The van der Waals surface area contributed by atoms with Gasteiger partial charge in [-0.2, -0.15) is 0 Å². The molecule has 0 aliphatic rings. The lowest BCUT2D eigenvalue weighted by Crippen LogP contribution is -2.07. The van der Waals surface area contributed by atoms with E-state index >= 15 is 0 Å². The highest BCUT2D eigenvalue weighted by Gasteiger charge is 2.16. The first-order chi connectivity index (χ1) is 11.8. The van der Waals surface area contributed by atoms with Crippen molar-refractivity contribution in [3.8, 4) is 0 Å². The van der Waals surface area contributed by atoms with E-state index in [0.29, 0.717) is 0 Å². The van der Waals surface area contributed by atoms with E-state index in [0.717, 1.165) is 0 Å². The lowest BCUT2D eigenvalue weighted by Gasteiger charge is -2.22. The van der Waals surface area contributed by atoms with Gasteiger partial charge in [0.05, 0.1) is 0 Å². The Morgan fingerprint density at radius 2 is 1.00 bits per heavy atom. The van der Waals surface area contributed by atoms with Crippen LogP contribution in [0.15, 0.2) is 60.7 Å². The van der Waals surface area contributed by atoms with E-state index in [1.807, 2.05) is 0 Å². The van der Waals surface area contributed by atoms with Crippen molar-refractivity contribution in [3.63, 3.8) is 0 Å². The van der Waals surface area contributed by atoms with Gasteiger partial charge in [-0.05, 0) is 61.5 Å². The van der Waals surface area contributed by atoms with Gasteiger partial charge in [-0.15, -0.1) is 22.8 Å². The first kappa shape index (κ1) is 20.3. The third kappa shape index (κ3) is 7.09. The van der Waals surface area contributed by atoms with Gasteiger partial charge >= 0.3 is 0 Å². The molecular formula is C20H28P2S2. The van der Waals surface area contributed by atoms with Gasteiger partial charge in [0, 0.05) is 0 Å². The van der Waals surface area contributed by atoms with E-state index in [-0.39, 0.29) is 14.2 Å². The van der Waals surface area contributed by atoms with Gasteiger partial charge in [0.2, 0.25) is 0 Å². The van der Waals surface area contributed by atoms with Crippen molar-refractivity contribution >= 4 is 47.6 Å². The minimum absolute atomic E-state index is 0.0800. The molecule has 0 spiro atoms. The second-order valence-electron chi connectivity index (χ2n) is 5.54. The van der Waals surface area contributed by atoms with Gasteiger partial charge in [-0.25, -0.2) is 0 Å². The van der Waals surface area contributed by atoms with Gasteiger partial charge in [0.25, 0.3) is 0 Å². The average molecular weight is 395 g/mol. The smallest absolute Gasteiger partial charge is 0.00251 e. The summed E-state index contributed by atoms with van der Waals surface area (Å²) in [5.41, 5.74) is 0. The molecule has 2 aromatic rings. The van der Waals surface area contributed by atoms with Gasteiger partial charge in [-0.1, -0.05) is 74.5 Å². The second kappa shape index (κ2) is 12.4. The third-order valence-electron chi connectivity index (χ3n) is 3.50. The van der Waals surface area contributed by atoms with Crippen LogP contribution in [0.4, 0.5) is 0 Å². The van der Waals surface area contributed by atoms with Crippen LogP contribution in [-0.4, -0.2) is 23.8 Å². The molecule has 2 rings (SSSR count). The number of hydrogen-bond acceptors (Lipinski definition) is 2. The Kier molecular flexibility index (Phi) is 10.5. The maximum atomic E-state index is 2.33. The predicted molar refractivity (Wildman–Crippen MR) is 121 cm³/mol. The van der Waals surface area contributed by atoms with E-state index < -0.39 is 0 Å². The fourth-order valence-corrected chi connectivity index (χ4v) is 12.9. The summed E-state index contributed by atoms with van der Waals surface area (Å²) >= 11 is 4.40. The number of benzene rings is 2. The Morgan fingerprint density at radius 3 is 1.33 bits per heavy atom. The highest BCUT2D eigenvalue weighted by atomic mass is 32.7. The van der Waals surface area contributed by atoms with Gasteiger partial charge < -0.3 is 0 Å². The molecule has 0 aromatic heterocycles. The molecule has 0 aliphatic heterocycles. The molecule has 2 aromatic carbocycles. The van der Waals surface area contributed by atoms with Crippen molar-refractivity contribution in [1.82, 2.24) is 0 Å². The van der Waals surface area contributed by atoms with Crippen molar-refractivity contribution in [2.75, 3.05) is 23.8 Å². The van der Waals surface area contributed by atoms with E-state index in [1.165, 1.54) is 36.7 Å². The highest BCUT2D eigenvalue weighted by Crippen LogP contribution is 2.55. The highest BCUT2D eigenvalue weighted by molar-refractivity contribution is 8.59. The third-order valence-corrected chi connectivity index (χ3v) is 14.0. The SMILES string of the molecule is CCCSP(CCP(SCCC)c1ccccc1)c1ccccc1. The zero-order chi connectivity index (χ0) is 17.0. The van der Waals surface area contributed by atoms with Gasteiger partial charge in [-0.3, -0.25) is 0 Å². The van der Waals surface area contributed by atoms with E-state index in [4.69, 9.17) is 0 Å². The minimum atomic E-state index is -0.0800. The average Bonchev–Trinajstić information content (AvgIpc) is 2.65. The number of hydrogen-bond donors (Lipinski definition) is 0. The molecule has 0 fully saturated rings. The molecule has 0 amide bonds. The lowest BCUT2D eigenvalue weighted by atomic mass is 10.4. The summed E-state index contributed by atoms with van der Waals surface area (Å²) in [6, 6.07) is 22.4. The minimum Gasteiger partial charge on any atom is -0.129 e. The first-order valence-corrected chi connectivity index (χ1v) is 15.0. The summed E-state index contributed by atoms with van der Waals surface area (Å²) < 4.78 is 0. The zero-order valence-corrected chi connectivity index (χ0v) is 18.1. The molecule has 0 N–H and O–H groups in total. The molecule has 0 saturated carbocycles. The molecule has 2 atom stereocenters. The monoisotopic (exact) mass is 394 g/mol. The van der Waals surface area contributed by atoms with Crippen LogP contribution in [0, 0.1) is 0 Å². The molecule has 4 heteroatoms. The molecule has 0 aliphatic carbocycles. The molecule has 0 saturated heterocycles. The van der Waals surface area contributed by atoms with Gasteiger partial charge in [0.1, 0.15) is 0 Å². The molecular weight excluding hydrogens is 366 g/mol. The largest absolute Gasteiger partial charge is 0.129 e. The molecule has 0 radical (unpaired) electrons. The summed E-state index contributed by atoms with van der Waals surface area (Å²) in [5.74, 6) is 2.57. The van der Waals surface area contributed by atoms with Crippen LogP contribution in [0.2, 0.25) is 0 Å². The maximum absolute atomic E-state index is 2.33. The Morgan fingerprint density at radius 1 is 0.625 bits per heavy atom.